The van der Waals surface area contributed by atoms with Crippen LogP contribution in [0.4, 0.5) is 5.69 Å². The van der Waals surface area contributed by atoms with Crippen LogP contribution in [0.25, 0.3) is 0 Å². The van der Waals surface area contributed by atoms with Gasteiger partial charge in [-0.05, 0) is 12.1 Å². The van der Waals surface area contributed by atoms with Crippen molar-refractivity contribution in [2.24, 2.45) is 0 Å². The van der Waals surface area contributed by atoms with Crippen LogP contribution in [0.15, 0.2) is 30.3 Å². The molecule has 0 bridgehead atoms. The van der Waals surface area contributed by atoms with Crippen LogP contribution in [-0.2, 0) is 9.59 Å². The number of imide groups is 1. The van der Waals surface area contributed by atoms with Crippen LogP contribution in [-0.4, -0.2) is 24.4 Å². The fourth-order valence-corrected chi connectivity index (χ4v) is 1.88. The maximum absolute atomic E-state index is 12.0. The lowest BCUT2D eigenvalue weighted by Crippen LogP contribution is -2.91. The van der Waals surface area contributed by atoms with Gasteiger partial charge < -0.3 is 5.32 Å². The predicted octanol–water partition coefficient (Wildman–Crippen LogP) is -0.595. The Morgan fingerprint density at radius 2 is 2.06 bits per heavy atom. The minimum absolute atomic E-state index is 0.162. The molecule has 0 aromatic heterocycles. The summed E-state index contributed by atoms with van der Waals surface area (Å²) < 4.78 is 0. The van der Waals surface area contributed by atoms with Crippen molar-refractivity contribution < 1.29 is 14.9 Å². The molecular weight excluding hydrogens is 218 g/mol. The minimum atomic E-state index is -0.456. The fourth-order valence-electron chi connectivity index (χ4n) is 1.88. The zero-order valence-electron chi connectivity index (χ0n) is 9.17. The first-order valence-electron chi connectivity index (χ1n) is 5.36. The van der Waals surface area contributed by atoms with Crippen LogP contribution in [0, 0.1) is 11.3 Å². The molecule has 0 saturated carbocycles. The van der Waals surface area contributed by atoms with E-state index in [-0.39, 0.29) is 24.8 Å². The molecule has 1 heterocycles. The van der Waals surface area contributed by atoms with Crippen molar-refractivity contribution in [2.45, 2.75) is 12.5 Å². The first kappa shape index (κ1) is 11.3. The molecule has 1 aliphatic heterocycles. The van der Waals surface area contributed by atoms with Gasteiger partial charge in [0, 0.05) is 0 Å². The molecule has 1 fully saturated rings. The van der Waals surface area contributed by atoms with Crippen LogP contribution in [0.1, 0.15) is 6.42 Å². The Kier molecular flexibility index (Phi) is 3.17. The van der Waals surface area contributed by atoms with Crippen molar-refractivity contribution in [3.63, 3.8) is 0 Å². The molecule has 0 unspecified atom stereocenters. The number of amides is 2. The SMILES string of the molecule is N#CC[NH2+][C@@H]1CC(=O)N(c2ccccc2)C1=O. The van der Waals surface area contributed by atoms with Gasteiger partial charge in [0.15, 0.2) is 12.6 Å². The van der Waals surface area contributed by atoms with Gasteiger partial charge >= 0.3 is 0 Å². The van der Waals surface area contributed by atoms with Gasteiger partial charge in [-0.1, -0.05) is 18.2 Å². The van der Waals surface area contributed by atoms with Gasteiger partial charge in [-0.15, -0.1) is 0 Å². The third kappa shape index (κ3) is 2.17. The van der Waals surface area contributed by atoms with E-state index < -0.39 is 6.04 Å². The molecule has 17 heavy (non-hydrogen) atoms. The molecule has 2 amide bonds. The Hall–Kier alpha value is -2.19. The van der Waals surface area contributed by atoms with Crippen LogP contribution in [0.2, 0.25) is 0 Å². The molecule has 1 aromatic carbocycles. The van der Waals surface area contributed by atoms with Gasteiger partial charge in [-0.25, -0.2) is 4.90 Å². The zero-order valence-corrected chi connectivity index (χ0v) is 9.17. The Morgan fingerprint density at radius 3 is 2.71 bits per heavy atom. The van der Waals surface area contributed by atoms with E-state index in [1.807, 2.05) is 12.1 Å². The van der Waals surface area contributed by atoms with Crippen molar-refractivity contribution in [3.05, 3.63) is 30.3 Å². The Bertz CT molecular complexity index is 478. The number of anilines is 1. The van der Waals surface area contributed by atoms with Crippen molar-refractivity contribution in [2.75, 3.05) is 11.4 Å². The highest BCUT2D eigenvalue weighted by atomic mass is 16.2. The Labute approximate surface area is 98.6 Å². The topological polar surface area (TPSA) is 77.8 Å². The van der Waals surface area contributed by atoms with Gasteiger partial charge in [0.2, 0.25) is 5.91 Å². The highest BCUT2D eigenvalue weighted by Crippen LogP contribution is 2.20. The van der Waals surface area contributed by atoms with E-state index in [9.17, 15) is 9.59 Å². The highest BCUT2D eigenvalue weighted by molar-refractivity contribution is 6.21. The average molecular weight is 230 g/mol. The number of nitrogens with two attached hydrogens (primary N) is 1. The second-order valence-corrected chi connectivity index (χ2v) is 3.81. The summed E-state index contributed by atoms with van der Waals surface area (Å²) in [6.07, 6.45) is 0.162. The zero-order chi connectivity index (χ0) is 12.3. The van der Waals surface area contributed by atoms with Crippen LogP contribution >= 0.6 is 0 Å². The second kappa shape index (κ2) is 4.76. The van der Waals surface area contributed by atoms with E-state index >= 15 is 0 Å². The Morgan fingerprint density at radius 1 is 1.35 bits per heavy atom. The summed E-state index contributed by atoms with van der Waals surface area (Å²) in [5, 5.41) is 10.1. The number of para-hydroxylation sites is 1. The van der Waals surface area contributed by atoms with Crippen molar-refractivity contribution >= 4 is 17.5 Å². The summed E-state index contributed by atoms with van der Waals surface area (Å²) >= 11 is 0. The minimum Gasteiger partial charge on any atom is -0.324 e. The summed E-state index contributed by atoms with van der Waals surface area (Å²) in [6.45, 7) is 0.187. The summed E-state index contributed by atoms with van der Waals surface area (Å²) in [4.78, 5) is 24.9. The Balaban J connectivity index is 2.18. The fraction of sp³-hybridized carbons (Fsp3) is 0.250. The van der Waals surface area contributed by atoms with Gasteiger partial charge in [0.25, 0.3) is 5.91 Å². The van der Waals surface area contributed by atoms with Crippen LogP contribution in [0.3, 0.4) is 0 Å². The third-order valence-electron chi connectivity index (χ3n) is 2.69. The monoisotopic (exact) mass is 230 g/mol. The highest BCUT2D eigenvalue weighted by Gasteiger charge is 2.41. The van der Waals surface area contributed by atoms with Gasteiger partial charge in [-0.2, -0.15) is 5.26 Å². The van der Waals surface area contributed by atoms with Crippen molar-refractivity contribution in [1.29, 1.82) is 5.26 Å². The summed E-state index contributed by atoms with van der Waals surface area (Å²) in [5.41, 5.74) is 0.593. The molecule has 2 rings (SSSR count). The summed E-state index contributed by atoms with van der Waals surface area (Å²) in [6, 6.07) is 10.3. The maximum atomic E-state index is 12.0. The number of rotatable bonds is 3. The molecule has 1 aliphatic rings. The van der Waals surface area contributed by atoms with E-state index in [4.69, 9.17) is 5.26 Å². The lowest BCUT2D eigenvalue weighted by Gasteiger charge is -2.13. The van der Waals surface area contributed by atoms with Gasteiger partial charge in [0.05, 0.1) is 12.1 Å². The number of hydrogen-bond acceptors (Lipinski definition) is 3. The first-order valence-corrected chi connectivity index (χ1v) is 5.36. The second-order valence-electron chi connectivity index (χ2n) is 3.81. The summed E-state index contributed by atoms with van der Waals surface area (Å²) in [5.74, 6) is -0.447. The predicted molar refractivity (Wildman–Crippen MR) is 59.7 cm³/mol. The van der Waals surface area contributed by atoms with E-state index in [1.165, 1.54) is 4.90 Å². The molecule has 0 aliphatic carbocycles. The first-order chi connectivity index (χ1) is 8.24. The summed E-state index contributed by atoms with van der Waals surface area (Å²) in [7, 11) is 0. The standard InChI is InChI=1S/C12H11N3O2/c13-6-7-14-10-8-11(16)15(12(10)17)9-4-2-1-3-5-9/h1-5,10,14H,7-8H2/p+1/t10-/m1/s1. The smallest absolute Gasteiger partial charge is 0.292 e. The molecule has 86 valence electrons. The lowest BCUT2D eigenvalue weighted by atomic mass is 10.2. The third-order valence-corrected chi connectivity index (χ3v) is 2.69. The van der Waals surface area contributed by atoms with Crippen LogP contribution < -0.4 is 10.2 Å². The van der Waals surface area contributed by atoms with Crippen LogP contribution in [0.5, 0.6) is 0 Å². The molecule has 2 N–H and O–H groups in total. The van der Waals surface area contributed by atoms with Gasteiger partial charge in [0.1, 0.15) is 6.07 Å². The van der Waals surface area contributed by atoms with E-state index in [0.29, 0.717) is 5.69 Å². The lowest BCUT2D eigenvalue weighted by molar-refractivity contribution is -0.664. The van der Waals surface area contributed by atoms with E-state index in [1.54, 1.807) is 29.6 Å². The molecular formula is C12H12N3O2+. The largest absolute Gasteiger partial charge is 0.324 e. The number of carbonyl (C=O) groups excluding carboxylic acids is 2. The maximum Gasteiger partial charge on any atom is 0.292 e. The molecule has 0 radical (unpaired) electrons. The molecule has 1 atom stereocenters. The molecule has 5 heteroatoms. The number of nitriles is 1. The number of quaternary nitrogens is 1. The van der Waals surface area contributed by atoms with E-state index in [2.05, 4.69) is 0 Å². The number of nitrogens with zero attached hydrogens (tertiary/aromatic N) is 2. The van der Waals surface area contributed by atoms with Crippen molar-refractivity contribution in [1.82, 2.24) is 0 Å². The molecule has 1 saturated heterocycles. The normalized spacial score (nSPS) is 19.5. The molecule has 0 spiro atoms. The van der Waals surface area contributed by atoms with Gasteiger partial charge in [-0.3, -0.25) is 9.59 Å². The average Bonchev–Trinajstić information content (AvgIpc) is 2.63. The number of carbonyl (C=O) groups is 2. The molecule has 1 aromatic rings. The molecule has 5 nitrogen and oxygen atoms in total. The quantitative estimate of drug-likeness (QED) is 0.556. The van der Waals surface area contributed by atoms with E-state index in [0.717, 1.165) is 0 Å². The number of benzene rings is 1. The van der Waals surface area contributed by atoms with Crippen molar-refractivity contribution in [3.8, 4) is 6.07 Å². The number of hydrogen-bond donors (Lipinski definition) is 1.